The van der Waals surface area contributed by atoms with Gasteiger partial charge in [-0.15, -0.1) is 0 Å². The molecule has 2 amide bonds. The van der Waals surface area contributed by atoms with E-state index >= 15 is 0 Å². The standard InChI is InChI=1S/C18H19FN4O3/c1-22-11-18(26-17(22)25)5-7-23(8-6-18)16(24)14-10-20-21-15(14)12-3-2-4-13(19)9-12/h2-4,9-10H,5-8,11H2,1H3,(H,20,21). The number of halogens is 1. The van der Waals surface area contributed by atoms with E-state index < -0.39 is 5.60 Å². The highest BCUT2D eigenvalue weighted by Gasteiger charge is 2.46. The summed E-state index contributed by atoms with van der Waals surface area (Å²) < 4.78 is 19.0. The van der Waals surface area contributed by atoms with E-state index in [0.717, 1.165) is 0 Å². The highest BCUT2D eigenvalue weighted by atomic mass is 19.1. The second-order valence-corrected chi connectivity index (χ2v) is 6.87. The Morgan fingerprint density at radius 2 is 2.12 bits per heavy atom. The van der Waals surface area contributed by atoms with E-state index in [4.69, 9.17) is 4.74 Å². The lowest BCUT2D eigenvalue weighted by Gasteiger charge is -2.37. The van der Waals surface area contributed by atoms with Crippen molar-refractivity contribution in [3.8, 4) is 11.3 Å². The van der Waals surface area contributed by atoms with Gasteiger partial charge < -0.3 is 14.5 Å². The molecule has 4 rings (SSSR count). The van der Waals surface area contributed by atoms with Crippen LogP contribution in [0.3, 0.4) is 0 Å². The zero-order chi connectivity index (χ0) is 18.3. The van der Waals surface area contributed by atoms with E-state index in [2.05, 4.69) is 10.2 Å². The molecule has 136 valence electrons. The van der Waals surface area contributed by atoms with Gasteiger partial charge in [0.1, 0.15) is 11.4 Å². The first kappa shape index (κ1) is 16.6. The maximum Gasteiger partial charge on any atom is 0.410 e. The number of carbonyl (C=O) groups is 2. The number of aromatic nitrogens is 2. The van der Waals surface area contributed by atoms with Crippen LogP contribution >= 0.6 is 0 Å². The molecule has 8 heteroatoms. The Morgan fingerprint density at radius 3 is 2.77 bits per heavy atom. The number of nitrogens with zero attached hydrogens (tertiary/aromatic N) is 3. The first-order chi connectivity index (χ1) is 12.5. The van der Waals surface area contributed by atoms with Crippen LogP contribution in [-0.2, 0) is 4.74 Å². The summed E-state index contributed by atoms with van der Waals surface area (Å²) in [5.74, 6) is -0.534. The van der Waals surface area contributed by atoms with Crippen molar-refractivity contribution in [1.29, 1.82) is 0 Å². The van der Waals surface area contributed by atoms with Gasteiger partial charge in [0.2, 0.25) is 0 Å². The molecule has 0 bridgehead atoms. The number of amides is 2. The molecule has 1 aromatic heterocycles. The fourth-order valence-corrected chi connectivity index (χ4v) is 3.65. The van der Waals surface area contributed by atoms with Crippen LogP contribution in [0.5, 0.6) is 0 Å². The molecular weight excluding hydrogens is 339 g/mol. The van der Waals surface area contributed by atoms with E-state index in [9.17, 15) is 14.0 Å². The molecule has 2 saturated heterocycles. The van der Waals surface area contributed by atoms with Crippen molar-refractivity contribution < 1.29 is 18.7 Å². The number of hydrogen-bond acceptors (Lipinski definition) is 4. The van der Waals surface area contributed by atoms with Crippen LogP contribution in [0.2, 0.25) is 0 Å². The van der Waals surface area contributed by atoms with Gasteiger partial charge in [-0.2, -0.15) is 5.10 Å². The summed E-state index contributed by atoms with van der Waals surface area (Å²) in [6.07, 6.45) is 2.35. The van der Waals surface area contributed by atoms with Crippen molar-refractivity contribution >= 4 is 12.0 Å². The molecule has 2 aliphatic rings. The quantitative estimate of drug-likeness (QED) is 0.893. The molecular formula is C18H19FN4O3. The molecule has 1 N–H and O–H groups in total. The van der Waals surface area contributed by atoms with E-state index in [0.29, 0.717) is 49.3 Å². The summed E-state index contributed by atoms with van der Waals surface area (Å²) in [6, 6.07) is 6.04. The van der Waals surface area contributed by atoms with Crippen molar-refractivity contribution in [3.63, 3.8) is 0 Å². The lowest BCUT2D eigenvalue weighted by atomic mass is 9.91. The normalized spacial score (nSPS) is 19.1. The molecule has 3 heterocycles. The predicted octanol–water partition coefficient (Wildman–Crippen LogP) is 2.27. The van der Waals surface area contributed by atoms with Gasteiger partial charge in [-0.1, -0.05) is 12.1 Å². The van der Waals surface area contributed by atoms with Crippen molar-refractivity contribution in [1.82, 2.24) is 20.0 Å². The fourth-order valence-electron chi connectivity index (χ4n) is 3.65. The molecule has 0 radical (unpaired) electrons. The van der Waals surface area contributed by atoms with Crippen LogP contribution in [0, 0.1) is 5.82 Å². The zero-order valence-corrected chi connectivity index (χ0v) is 14.4. The highest BCUT2D eigenvalue weighted by molar-refractivity contribution is 5.99. The number of piperidine rings is 1. The molecule has 0 aliphatic carbocycles. The summed E-state index contributed by atoms with van der Waals surface area (Å²) in [5.41, 5.74) is 0.990. The summed E-state index contributed by atoms with van der Waals surface area (Å²) in [6.45, 7) is 1.54. The third-order valence-corrected chi connectivity index (χ3v) is 5.09. The Bertz CT molecular complexity index is 858. The molecule has 0 unspecified atom stereocenters. The average molecular weight is 358 g/mol. The number of nitrogens with one attached hydrogen (secondary N) is 1. The van der Waals surface area contributed by atoms with Crippen molar-refractivity contribution in [2.45, 2.75) is 18.4 Å². The van der Waals surface area contributed by atoms with Crippen molar-refractivity contribution in [2.75, 3.05) is 26.7 Å². The smallest absolute Gasteiger partial charge is 0.410 e. The number of rotatable bonds is 2. The Labute approximate surface area is 149 Å². The van der Waals surface area contributed by atoms with Gasteiger partial charge in [0.15, 0.2) is 0 Å². The minimum atomic E-state index is -0.496. The average Bonchev–Trinajstić information content (AvgIpc) is 3.20. The Morgan fingerprint density at radius 1 is 1.35 bits per heavy atom. The number of likely N-dealkylation sites (N-methyl/N-ethyl adjacent to an activating group) is 1. The van der Waals surface area contributed by atoms with Crippen LogP contribution in [0.1, 0.15) is 23.2 Å². The van der Waals surface area contributed by atoms with E-state index in [-0.39, 0.29) is 17.8 Å². The van der Waals surface area contributed by atoms with E-state index in [1.807, 2.05) is 0 Å². The minimum absolute atomic E-state index is 0.162. The van der Waals surface area contributed by atoms with Gasteiger partial charge in [-0.05, 0) is 12.1 Å². The van der Waals surface area contributed by atoms with Crippen LogP contribution in [0.25, 0.3) is 11.3 Å². The highest BCUT2D eigenvalue weighted by Crippen LogP contribution is 2.33. The monoisotopic (exact) mass is 358 g/mol. The lowest BCUT2D eigenvalue weighted by molar-refractivity contribution is 0.00320. The number of aromatic amines is 1. The number of carbonyl (C=O) groups excluding carboxylic acids is 2. The molecule has 2 fully saturated rings. The number of H-pyrrole nitrogens is 1. The third kappa shape index (κ3) is 2.81. The van der Waals surface area contributed by atoms with Crippen LogP contribution < -0.4 is 0 Å². The summed E-state index contributed by atoms with van der Waals surface area (Å²) in [7, 11) is 1.71. The van der Waals surface area contributed by atoms with Gasteiger partial charge in [0, 0.05) is 38.5 Å². The van der Waals surface area contributed by atoms with Gasteiger partial charge in [0.05, 0.1) is 24.0 Å². The fraction of sp³-hybridized carbons (Fsp3) is 0.389. The second-order valence-electron chi connectivity index (χ2n) is 6.87. The second kappa shape index (κ2) is 6.12. The first-order valence-electron chi connectivity index (χ1n) is 8.50. The number of ether oxygens (including phenoxy) is 1. The summed E-state index contributed by atoms with van der Waals surface area (Å²) in [4.78, 5) is 27.9. The Balaban J connectivity index is 1.50. The SMILES string of the molecule is CN1CC2(CCN(C(=O)c3cn[nH]c3-c3cccc(F)c3)CC2)OC1=O. The lowest BCUT2D eigenvalue weighted by Crippen LogP contribution is -2.48. The van der Waals surface area contributed by atoms with Crippen LogP contribution in [0.4, 0.5) is 9.18 Å². The van der Waals surface area contributed by atoms with Gasteiger partial charge >= 0.3 is 6.09 Å². The number of hydrogen-bond donors (Lipinski definition) is 1. The van der Waals surface area contributed by atoms with Gasteiger partial charge in [-0.3, -0.25) is 9.89 Å². The van der Waals surface area contributed by atoms with Gasteiger partial charge in [-0.25, -0.2) is 9.18 Å². The number of benzene rings is 1. The van der Waals surface area contributed by atoms with E-state index in [1.165, 1.54) is 18.3 Å². The predicted molar refractivity (Wildman–Crippen MR) is 91.0 cm³/mol. The van der Waals surface area contributed by atoms with Crippen molar-refractivity contribution in [2.24, 2.45) is 0 Å². The molecule has 0 atom stereocenters. The zero-order valence-electron chi connectivity index (χ0n) is 14.4. The third-order valence-electron chi connectivity index (χ3n) is 5.09. The maximum absolute atomic E-state index is 13.5. The Hall–Kier alpha value is -2.90. The minimum Gasteiger partial charge on any atom is -0.441 e. The number of likely N-dealkylation sites (tertiary alicyclic amines) is 1. The molecule has 2 aromatic rings. The molecule has 0 saturated carbocycles. The van der Waals surface area contributed by atoms with E-state index in [1.54, 1.807) is 29.0 Å². The summed E-state index contributed by atoms with van der Waals surface area (Å²) in [5, 5.41) is 6.75. The molecule has 1 aromatic carbocycles. The van der Waals surface area contributed by atoms with Crippen molar-refractivity contribution in [3.05, 3.63) is 41.8 Å². The molecule has 2 aliphatic heterocycles. The summed E-state index contributed by atoms with van der Waals surface area (Å²) >= 11 is 0. The van der Waals surface area contributed by atoms with Crippen LogP contribution in [0.15, 0.2) is 30.5 Å². The molecule has 26 heavy (non-hydrogen) atoms. The van der Waals surface area contributed by atoms with Gasteiger partial charge in [0.25, 0.3) is 5.91 Å². The first-order valence-corrected chi connectivity index (χ1v) is 8.50. The molecule has 7 nitrogen and oxygen atoms in total. The Kier molecular flexibility index (Phi) is 3.90. The molecule has 1 spiro atoms. The largest absolute Gasteiger partial charge is 0.441 e. The van der Waals surface area contributed by atoms with Crippen LogP contribution in [-0.4, -0.2) is 64.3 Å². The topological polar surface area (TPSA) is 78.5 Å². The maximum atomic E-state index is 13.5.